The van der Waals surface area contributed by atoms with Crippen LogP contribution >= 0.6 is 0 Å². The third kappa shape index (κ3) is 3.77. The first kappa shape index (κ1) is 17.6. The van der Waals surface area contributed by atoms with Crippen molar-refractivity contribution in [1.82, 2.24) is 14.9 Å². The highest BCUT2D eigenvalue weighted by atomic mass is 16.1. The van der Waals surface area contributed by atoms with E-state index in [9.17, 15) is 4.79 Å². The number of benzene rings is 3. The molecule has 0 spiro atoms. The fourth-order valence-corrected chi connectivity index (χ4v) is 3.92. The number of anilines is 2. The lowest BCUT2D eigenvalue weighted by Gasteiger charge is -2.27. The number of H-pyrrole nitrogens is 1. The second kappa shape index (κ2) is 7.53. The maximum atomic E-state index is 12.7. The van der Waals surface area contributed by atoms with Crippen molar-refractivity contribution in [1.29, 1.82) is 0 Å². The molecule has 1 aliphatic rings. The predicted octanol–water partition coefficient (Wildman–Crippen LogP) is 4.23. The normalized spacial score (nSPS) is 13.9. The SMILES string of the molecule is O=c1[nH]c(Nc2ccc3ccccc3c2)nc2c1CN(Cc1ccccc1)CC2. The molecule has 0 unspecified atom stereocenters. The summed E-state index contributed by atoms with van der Waals surface area (Å²) in [6, 6.07) is 24.7. The second-order valence-corrected chi connectivity index (χ2v) is 7.47. The summed E-state index contributed by atoms with van der Waals surface area (Å²) < 4.78 is 0. The van der Waals surface area contributed by atoms with Crippen LogP contribution < -0.4 is 10.9 Å². The number of hydrogen-bond donors (Lipinski definition) is 2. The highest BCUT2D eigenvalue weighted by Gasteiger charge is 2.21. The zero-order valence-corrected chi connectivity index (χ0v) is 16.1. The van der Waals surface area contributed by atoms with Gasteiger partial charge in [-0.1, -0.05) is 60.7 Å². The summed E-state index contributed by atoms with van der Waals surface area (Å²) in [5, 5.41) is 5.59. The van der Waals surface area contributed by atoms with Crippen LogP contribution in [0.2, 0.25) is 0 Å². The molecule has 0 aliphatic carbocycles. The molecule has 2 heterocycles. The van der Waals surface area contributed by atoms with Crippen molar-refractivity contribution in [3.63, 3.8) is 0 Å². The molecule has 1 aromatic heterocycles. The molecule has 5 heteroatoms. The fraction of sp³-hybridized carbons (Fsp3) is 0.167. The zero-order chi connectivity index (χ0) is 19.6. The fourth-order valence-electron chi connectivity index (χ4n) is 3.92. The lowest BCUT2D eigenvalue weighted by atomic mass is 10.1. The van der Waals surface area contributed by atoms with Crippen LogP contribution in [0.25, 0.3) is 10.8 Å². The molecule has 0 amide bonds. The van der Waals surface area contributed by atoms with E-state index in [4.69, 9.17) is 4.98 Å². The molecular weight excluding hydrogens is 360 g/mol. The predicted molar refractivity (Wildman–Crippen MR) is 116 cm³/mol. The maximum Gasteiger partial charge on any atom is 0.257 e. The Hall–Kier alpha value is -3.44. The van der Waals surface area contributed by atoms with Gasteiger partial charge in [-0.15, -0.1) is 0 Å². The zero-order valence-electron chi connectivity index (χ0n) is 16.1. The minimum Gasteiger partial charge on any atom is -0.326 e. The number of aromatic nitrogens is 2. The van der Waals surface area contributed by atoms with Crippen LogP contribution in [0.4, 0.5) is 11.6 Å². The Morgan fingerprint density at radius 2 is 1.76 bits per heavy atom. The van der Waals surface area contributed by atoms with Gasteiger partial charge < -0.3 is 5.32 Å². The smallest absolute Gasteiger partial charge is 0.257 e. The van der Waals surface area contributed by atoms with Crippen LogP contribution in [0.1, 0.15) is 16.8 Å². The van der Waals surface area contributed by atoms with E-state index in [1.807, 2.05) is 36.4 Å². The van der Waals surface area contributed by atoms with Crippen LogP contribution in [0, 0.1) is 0 Å². The first-order valence-corrected chi connectivity index (χ1v) is 9.89. The first-order valence-electron chi connectivity index (χ1n) is 9.89. The molecule has 144 valence electrons. The molecule has 0 saturated carbocycles. The summed E-state index contributed by atoms with van der Waals surface area (Å²) in [7, 11) is 0. The molecule has 0 bridgehead atoms. The third-order valence-electron chi connectivity index (χ3n) is 5.41. The van der Waals surface area contributed by atoms with Crippen molar-refractivity contribution in [3.05, 3.63) is 100.0 Å². The first-order chi connectivity index (χ1) is 14.2. The number of hydrogen-bond acceptors (Lipinski definition) is 4. The topological polar surface area (TPSA) is 61.0 Å². The van der Waals surface area contributed by atoms with E-state index in [-0.39, 0.29) is 5.56 Å². The summed E-state index contributed by atoms with van der Waals surface area (Å²) in [6.45, 7) is 2.37. The second-order valence-electron chi connectivity index (χ2n) is 7.47. The lowest BCUT2D eigenvalue weighted by Crippen LogP contribution is -2.35. The van der Waals surface area contributed by atoms with Gasteiger partial charge in [0, 0.05) is 31.7 Å². The van der Waals surface area contributed by atoms with Crippen LogP contribution in [-0.2, 0) is 19.5 Å². The Bertz CT molecular complexity index is 1220. The van der Waals surface area contributed by atoms with Gasteiger partial charge >= 0.3 is 0 Å². The summed E-state index contributed by atoms with van der Waals surface area (Å²) in [6.07, 6.45) is 0.776. The molecule has 0 fully saturated rings. The number of nitrogens with zero attached hydrogens (tertiary/aromatic N) is 2. The molecular formula is C24H22N4O. The number of nitrogens with one attached hydrogen (secondary N) is 2. The number of fused-ring (bicyclic) bond motifs is 2. The molecule has 0 radical (unpaired) electrons. The summed E-state index contributed by atoms with van der Waals surface area (Å²) >= 11 is 0. The van der Waals surface area contributed by atoms with E-state index in [0.717, 1.165) is 41.8 Å². The van der Waals surface area contributed by atoms with E-state index in [1.54, 1.807) is 0 Å². The average molecular weight is 382 g/mol. The van der Waals surface area contributed by atoms with Crippen molar-refractivity contribution in [2.75, 3.05) is 11.9 Å². The quantitative estimate of drug-likeness (QED) is 0.555. The Kier molecular flexibility index (Phi) is 4.58. The Balaban J connectivity index is 1.36. The van der Waals surface area contributed by atoms with E-state index >= 15 is 0 Å². The van der Waals surface area contributed by atoms with Gasteiger partial charge in [0.2, 0.25) is 5.95 Å². The van der Waals surface area contributed by atoms with Gasteiger partial charge in [0.15, 0.2) is 0 Å². The molecule has 5 rings (SSSR count). The Morgan fingerprint density at radius 1 is 0.966 bits per heavy atom. The highest BCUT2D eigenvalue weighted by molar-refractivity contribution is 5.86. The van der Waals surface area contributed by atoms with Gasteiger partial charge in [-0.3, -0.25) is 14.7 Å². The maximum absolute atomic E-state index is 12.7. The summed E-state index contributed by atoms with van der Waals surface area (Å²) in [4.78, 5) is 22.6. The van der Waals surface area contributed by atoms with Gasteiger partial charge in [-0.05, 0) is 28.5 Å². The van der Waals surface area contributed by atoms with E-state index < -0.39 is 0 Å². The van der Waals surface area contributed by atoms with Crippen LogP contribution in [0.5, 0.6) is 0 Å². The van der Waals surface area contributed by atoms with Crippen molar-refractivity contribution in [3.8, 4) is 0 Å². The minimum atomic E-state index is -0.0592. The summed E-state index contributed by atoms with van der Waals surface area (Å²) in [5.41, 5.74) is 3.77. The highest BCUT2D eigenvalue weighted by Crippen LogP contribution is 2.22. The molecule has 0 atom stereocenters. The van der Waals surface area contributed by atoms with Gasteiger partial charge in [-0.2, -0.15) is 0 Å². The molecule has 2 N–H and O–H groups in total. The van der Waals surface area contributed by atoms with Crippen LogP contribution in [0.3, 0.4) is 0 Å². The van der Waals surface area contributed by atoms with Gasteiger partial charge in [0.05, 0.1) is 11.3 Å². The van der Waals surface area contributed by atoms with Gasteiger partial charge in [0.1, 0.15) is 0 Å². The molecule has 4 aromatic rings. The third-order valence-corrected chi connectivity index (χ3v) is 5.41. The van der Waals surface area contributed by atoms with Crippen molar-refractivity contribution < 1.29 is 0 Å². The molecule has 5 nitrogen and oxygen atoms in total. The Labute approximate surface area is 169 Å². The average Bonchev–Trinajstić information content (AvgIpc) is 2.75. The van der Waals surface area contributed by atoms with E-state index in [2.05, 4.69) is 51.6 Å². The lowest BCUT2D eigenvalue weighted by molar-refractivity contribution is 0.242. The number of rotatable bonds is 4. The molecule has 1 aliphatic heterocycles. The summed E-state index contributed by atoms with van der Waals surface area (Å²) in [5.74, 6) is 0.501. The van der Waals surface area contributed by atoms with Crippen molar-refractivity contribution >= 4 is 22.4 Å². The molecule has 29 heavy (non-hydrogen) atoms. The van der Waals surface area contributed by atoms with Crippen molar-refractivity contribution in [2.24, 2.45) is 0 Å². The standard InChI is InChI=1S/C24H22N4O/c29-23-21-16-28(15-17-6-2-1-3-7-17)13-12-22(21)26-24(27-23)25-20-11-10-18-8-4-5-9-19(18)14-20/h1-11,14H,12-13,15-16H2,(H2,25,26,27,29). The van der Waals surface area contributed by atoms with Crippen LogP contribution in [-0.4, -0.2) is 21.4 Å². The molecule has 3 aromatic carbocycles. The largest absolute Gasteiger partial charge is 0.326 e. The van der Waals surface area contributed by atoms with Crippen LogP contribution in [0.15, 0.2) is 77.6 Å². The van der Waals surface area contributed by atoms with E-state index in [0.29, 0.717) is 12.5 Å². The van der Waals surface area contributed by atoms with Gasteiger partial charge in [0.25, 0.3) is 5.56 Å². The monoisotopic (exact) mass is 382 g/mol. The Morgan fingerprint density at radius 3 is 2.62 bits per heavy atom. The van der Waals surface area contributed by atoms with E-state index in [1.165, 1.54) is 10.9 Å². The molecule has 0 saturated heterocycles. The number of aromatic amines is 1. The van der Waals surface area contributed by atoms with Gasteiger partial charge in [-0.25, -0.2) is 4.98 Å². The minimum absolute atomic E-state index is 0.0592. The van der Waals surface area contributed by atoms with Crippen molar-refractivity contribution in [2.45, 2.75) is 19.5 Å².